The number of fused-ring (bicyclic) bond motifs is 1. The first-order valence-electron chi connectivity index (χ1n) is 7.86. The molecular formula is C17H24ClN3O2. The van der Waals surface area contributed by atoms with Gasteiger partial charge in [0.2, 0.25) is 5.91 Å². The Balaban J connectivity index is 0.00000192. The molecule has 23 heavy (non-hydrogen) atoms. The Morgan fingerprint density at radius 3 is 2.78 bits per heavy atom. The van der Waals surface area contributed by atoms with Crippen LogP contribution in [0.1, 0.15) is 18.4 Å². The lowest BCUT2D eigenvalue weighted by Crippen LogP contribution is -2.49. The van der Waals surface area contributed by atoms with Crippen molar-refractivity contribution in [2.24, 2.45) is 11.1 Å². The molecule has 1 saturated heterocycles. The molecule has 0 unspecified atom stereocenters. The van der Waals surface area contributed by atoms with Crippen molar-refractivity contribution in [3.05, 3.63) is 36.0 Å². The molecule has 0 atom stereocenters. The zero-order valence-corrected chi connectivity index (χ0v) is 14.0. The number of H-pyrrole nitrogens is 1. The van der Waals surface area contributed by atoms with Crippen molar-refractivity contribution in [1.82, 2.24) is 10.3 Å². The van der Waals surface area contributed by atoms with Crippen molar-refractivity contribution in [3.63, 3.8) is 0 Å². The van der Waals surface area contributed by atoms with Gasteiger partial charge in [-0.05, 0) is 30.9 Å². The summed E-state index contributed by atoms with van der Waals surface area (Å²) < 4.78 is 5.35. The summed E-state index contributed by atoms with van der Waals surface area (Å²) >= 11 is 0. The fraction of sp³-hybridized carbons (Fsp3) is 0.471. The van der Waals surface area contributed by atoms with E-state index in [4.69, 9.17) is 10.5 Å². The minimum atomic E-state index is -0.446. The second-order valence-corrected chi connectivity index (χ2v) is 5.96. The minimum Gasteiger partial charge on any atom is -0.381 e. The molecule has 1 aromatic carbocycles. The fourth-order valence-electron chi connectivity index (χ4n) is 3.12. The molecule has 3 rings (SSSR count). The minimum absolute atomic E-state index is 0. The molecule has 2 aromatic rings. The van der Waals surface area contributed by atoms with E-state index in [9.17, 15) is 4.79 Å². The Kier molecular flexibility index (Phi) is 6.04. The van der Waals surface area contributed by atoms with Crippen LogP contribution in [0.3, 0.4) is 0 Å². The highest BCUT2D eigenvalue weighted by Crippen LogP contribution is 2.29. The monoisotopic (exact) mass is 337 g/mol. The van der Waals surface area contributed by atoms with Crippen molar-refractivity contribution in [3.8, 4) is 0 Å². The number of ether oxygens (including phenoxy) is 1. The Hall–Kier alpha value is -1.56. The Morgan fingerprint density at radius 1 is 1.30 bits per heavy atom. The quantitative estimate of drug-likeness (QED) is 0.780. The Bertz CT molecular complexity index is 650. The number of para-hydroxylation sites is 1. The molecule has 126 valence electrons. The average molecular weight is 338 g/mol. The predicted molar refractivity (Wildman–Crippen MR) is 93.8 cm³/mol. The molecule has 0 bridgehead atoms. The molecule has 1 aliphatic heterocycles. The van der Waals surface area contributed by atoms with E-state index >= 15 is 0 Å². The van der Waals surface area contributed by atoms with Gasteiger partial charge in [0.1, 0.15) is 0 Å². The lowest BCUT2D eigenvalue weighted by Gasteiger charge is -2.34. The van der Waals surface area contributed by atoms with Crippen molar-refractivity contribution in [2.75, 3.05) is 26.3 Å². The standard InChI is InChI=1S/C17H23N3O2.ClH/c18-12-17(6-9-22-10-7-17)16(21)19-8-5-13-11-20-15-4-2-1-3-14(13)15;/h1-4,11,20H,5-10,12,18H2,(H,19,21);1H. The number of halogens is 1. The first-order valence-corrected chi connectivity index (χ1v) is 7.86. The predicted octanol–water partition coefficient (Wildman–Crippen LogP) is 2.00. The molecule has 5 nitrogen and oxygen atoms in total. The van der Waals surface area contributed by atoms with Crippen molar-refractivity contribution in [2.45, 2.75) is 19.3 Å². The van der Waals surface area contributed by atoms with Gasteiger partial charge in [-0.15, -0.1) is 12.4 Å². The van der Waals surface area contributed by atoms with Gasteiger partial charge in [-0.25, -0.2) is 0 Å². The van der Waals surface area contributed by atoms with Crippen LogP contribution < -0.4 is 11.1 Å². The summed E-state index contributed by atoms with van der Waals surface area (Å²) in [6.45, 7) is 2.25. The molecular weight excluding hydrogens is 314 g/mol. The summed E-state index contributed by atoms with van der Waals surface area (Å²) in [6.07, 6.45) is 4.25. The normalized spacial score (nSPS) is 16.7. The molecule has 0 saturated carbocycles. The van der Waals surface area contributed by atoms with Crippen LogP contribution in [0.2, 0.25) is 0 Å². The van der Waals surface area contributed by atoms with Crippen molar-refractivity contribution in [1.29, 1.82) is 0 Å². The third kappa shape index (κ3) is 3.68. The molecule has 6 heteroatoms. The molecule has 1 fully saturated rings. The highest BCUT2D eigenvalue weighted by molar-refractivity contribution is 5.85. The number of rotatable bonds is 5. The zero-order valence-electron chi connectivity index (χ0n) is 13.1. The van der Waals surface area contributed by atoms with Crippen LogP contribution in [-0.4, -0.2) is 37.2 Å². The van der Waals surface area contributed by atoms with Crippen molar-refractivity contribution < 1.29 is 9.53 Å². The number of benzene rings is 1. The van der Waals surface area contributed by atoms with Crippen molar-refractivity contribution >= 4 is 29.2 Å². The summed E-state index contributed by atoms with van der Waals surface area (Å²) in [5, 5.41) is 4.28. The average Bonchev–Trinajstić information content (AvgIpc) is 2.99. The second kappa shape index (κ2) is 7.81. The number of aromatic amines is 1. The molecule has 0 radical (unpaired) electrons. The van der Waals surface area contributed by atoms with Gasteiger partial charge in [-0.2, -0.15) is 0 Å². The van der Waals surface area contributed by atoms with E-state index in [0.29, 0.717) is 39.1 Å². The maximum absolute atomic E-state index is 12.5. The Morgan fingerprint density at radius 2 is 2.04 bits per heavy atom. The van der Waals surface area contributed by atoms with Gasteiger partial charge in [0, 0.05) is 43.4 Å². The number of carbonyl (C=O) groups excluding carboxylic acids is 1. The van der Waals surface area contributed by atoms with Crippen LogP contribution in [0.15, 0.2) is 30.5 Å². The van der Waals surface area contributed by atoms with E-state index in [0.717, 1.165) is 11.9 Å². The number of hydrogen-bond acceptors (Lipinski definition) is 3. The van der Waals surface area contributed by atoms with E-state index in [2.05, 4.69) is 22.4 Å². The third-order valence-electron chi connectivity index (χ3n) is 4.68. The number of amides is 1. The molecule has 1 amide bonds. The third-order valence-corrected chi connectivity index (χ3v) is 4.68. The van der Waals surface area contributed by atoms with Gasteiger partial charge in [0.05, 0.1) is 5.41 Å². The van der Waals surface area contributed by atoms with Gasteiger partial charge in [-0.1, -0.05) is 18.2 Å². The molecule has 2 heterocycles. The van der Waals surface area contributed by atoms with Crippen LogP contribution in [0, 0.1) is 5.41 Å². The second-order valence-electron chi connectivity index (χ2n) is 5.96. The smallest absolute Gasteiger partial charge is 0.227 e. The first kappa shape index (κ1) is 17.8. The van der Waals surface area contributed by atoms with Crippen LogP contribution in [0.25, 0.3) is 10.9 Å². The summed E-state index contributed by atoms with van der Waals surface area (Å²) in [5.74, 6) is 0.0677. The largest absolute Gasteiger partial charge is 0.381 e. The van der Waals surface area contributed by atoms with Gasteiger partial charge in [0.15, 0.2) is 0 Å². The van der Waals surface area contributed by atoms with E-state index < -0.39 is 5.41 Å². The summed E-state index contributed by atoms with van der Waals surface area (Å²) in [5.41, 5.74) is 7.77. The van der Waals surface area contributed by atoms with E-state index in [1.54, 1.807) is 0 Å². The van der Waals surface area contributed by atoms with Crippen LogP contribution in [0.5, 0.6) is 0 Å². The van der Waals surface area contributed by atoms with Gasteiger partial charge >= 0.3 is 0 Å². The topological polar surface area (TPSA) is 80.1 Å². The molecule has 0 aliphatic carbocycles. The van der Waals surface area contributed by atoms with E-state index in [-0.39, 0.29) is 18.3 Å². The number of aromatic nitrogens is 1. The van der Waals surface area contributed by atoms with Gasteiger partial charge < -0.3 is 20.8 Å². The van der Waals surface area contributed by atoms with Crippen LogP contribution in [-0.2, 0) is 16.0 Å². The Labute approximate surface area is 142 Å². The number of nitrogens with two attached hydrogens (primary N) is 1. The highest BCUT2D eigenvalue weighted by Gasteiger charge is 2.38. The number of hydrogen-bond donors (Lipinski definition) is 3. The maximum atomic E-state index is 12.5. The molecule has 1 aliphatic rings. The number of carbonyl (C=O) groups is 1. The maximum Gasteiger partial charge on any atom is 0.227 e. The highest BCUT2D eigenvalue weighted by atomic mass is 35.5. The first-order chi connectivity index (χ1) is 10.7. The van der Waals surface area contributed by atoms with E-state index in [1.807, 2.05) is 18.3 Å². The number of nitrogens with one attached hydrogen (secondary N) is 2. The molecule has 1 aromatic heterocycles. The summed E-state index contributed by atoms with van der Waals surface area (Å²) in [4.78, 5) is 15.7. The summed E-state index contributed by atoms with van der Waals surface area (Å²) in [7, 11) is 0. The molecule has 4 N–H and O–H groups in total. The molecule has 0 spiro atoms. The van der Waals surface area contributed by atoms with Gasteiger partial charge in [-0.3, -0.25) is 4.79 Å². The lowest BCUT2D eigenvalue weighted by molar-refractivity contribution is -0.135. The SMILES string of the molecule is Cl.NCC1(C(=O)NCCc2c[nH]c3ccccc23)CCOCC1. The lowest BCUT2D eigenvalue weighted by atomic mass is 9.79. The van der Waals surface area contributed by atoms with Gasteiger partial charge in [0.25, 0.3) is 0 Å². The van der Waals surface area contributed by atoms with E-state index in [1.165, 1.54) is 10.9 Å². The fourth-order valence-corrected chi connectivity index (χ4v) is 3.12. The van der Waals surface area contributed by atoms with Crippen LogP contribution in [0.4, 0.5) is 0 Å². The zero-order chi connectivity index (χ0) is 15.4. The summed E-state index contributed by atoms with van der Waals surface area (Å²) in [6, 6.07) is 8.20. The van der Waals surface area contributed by atoms with Crippen LogP contribution >= 0.6 is 12.4 Å².